The third-order valence-electron chi connectivity index (χ3n) is 6.30. The first-order valence-electron chi connectivity index (χ1n) is 10.8. The summed E-state index contributed by atoms with van der Waals surface area (Å²) in [7, 11) is 1.56. The van der Waals surface area contributed by atoms with E-state index in [0.29, 0.717) is 43.2 Å². The van der Waals surface area contributed by atoms with Gasteiger partial charge in [0.2, 0.25) is 0 Å². The highest BCUT2D eigenvalue weighted by atomic mass is 19.4. The lowest BCUT2D eigenvalue weighted by Crippen LogP contribution is -2.41. The molecule has 0 bridgehead atoms. The zero-order valence-corrected chi connectivity index (χ0v) is 18.0. The number of likely N-dealkylation sites (tertiary alicyclic amines) is 1. The number of benzene rings is 2. The van der Waals surface area contributed by atoms with Crippen LogP contribution in [0.25, 0.3) is 0 Å². The number of alkyl halides is 3. The van der Waals surface area contributed by atoms with Gasteiger partial charge in [0, 0.05) is 44.2 Å². The van der Waals surface area contributed by atoms with Crippen molar-refractivity contribution in [1.29, 1.82) is 0 Å². The summed E-state index contributed by atoms with van der Waals surface area (Å²) < 4.78 is 50.5. The SMILES string of the molecule is COc1ccc(C(=O)N2CC(CN3CCOCC3)C(c3cccc(C(F)(F)F)c3)C2)cc1. The molecule has 0 N–H and O–H groups in total. The van der Waals surface area contributed by atoms with Gasteiger partial charge in [-0.05, 0) is 41.8 Å². The van der Waals surface area contributed by atoms with Crippen LogP contribution in [0.1, 0.15) is 27.4 Å². The average molecular weight is 448 g/mol. The molecule has 2 aliphatic heterocycles. The molecule has 2 heterocycles. The van der Waals surface area contributed by atoms with Crippen LogP contribution in [-0.2, 0) is 10.9 Å². The molecule has 0 aliphatic carbocycles. The number of amides is 1. The summed E-state index contributed by atoms with van der Waals surface area (Å²) in [6.45, 7) is 4.49. The quantitative estimate of drug-likeness (QED) is 0.696. The van der Waals surface area contributed by atoms with Crippen molar-refractivity contribution in [3.05, 3.63) is 65.2 Å². The summed E-state index contributed by atoms with van der Waals surface area (Å²) in [5, 5.41) is 0. The van der Waals surface area contributed by atoms with Gasteiger partial charge >= 0.3 is 6.18 Å². The minimum absolute atomic E-state index is 0.0405. The minimum Gasteiger partial charge on any atom is -0.497 e. The van der Waals surface area contributed by atoms with E-state index in [1.807, 2.05) is 0 Å². The highest BCUT2D eigenvalue weighted by Gasteiger charge is 2.39. The number of carbonyl (C=O) groups excluding carboxylic acids is 1. The van der Waals surface area contributed by atoms with Crippen LogP contribution in [0.3, 0.4) is 0 Å². The Bertz CT molecular complexity index is 927. The number of morpholine rings is 1. The molecule has 32 heavy (non-hydrogen) atoms. The Hall–Kier alpha value is -2.58. The normalized spacial score (nSPS) is 22.2. The van der Waals surface area contributed by atoms with E-state index in [1.54, 1.807) is 42.3 Å². The highest BCUT2D eigenvalue weighted by molar-refractivity contribution is 5.94. The topological polar surface area (TPSA) is 42.0 Å². The predicted molar refractivity (Wildman–Crippen MR) is 114 cm³/mol. The predicted octanol–water partition coefficient (Wildman–Crippen LogP) is 3.90. The molecule has 8 heteroatoms. The lowest BCUT2D eigenvalue weighted by atomic mass is 9.87. The smallest absolute Gasteiger partial charge is 0.416 e. The Morgan fingerprint density at radius 2 is 1.81 bits per heavy atom. The van der Waals surface area contributed by atoms with E-state index in [4.69, 9.17) is 9.47 Å². The van der Waals surface area contributed by atoms with E-state index in [9.17, 15) is 18.0 Å². The van der Waals surface area contributed by atoms with Crippen molar-refractivity contribution in [2.45, 2.75) is 12.1 Å². The van der Waals surface area contributed by atoms with Gasteiger partial charge in [0.25, 0.3) is 5.91 Å². The molecule has 1 amide bonds. The third kappa shape index (κ3) is 5.07. The largest absolute Gasteiger partial charge is 0.497 e. The Morgan fingerprint density at radius 3 is 2.47 bits per heavy atom. The van der Waals surface area contributed by atoms with E-state index in [2.05, 4.69) is 4.90 Å². The van der Waals surface area contributed by atoms with Gasteiger partial charge in [0.15, 0.2) is 0 Å². The molecule has 0 spiro atoms. The van der Waals surface area contributed by atoms with Crippen molar-refractivity contribution in [3.8, 4) is 5.75 Å². The Morgan fingerprint density at radius 1 is 1.09 bits per heavy atom. The van der Waals surface area contributed by atoms with Crippen LogP contribution >= 0.6 is 0 Å². The molecule has 2 aromatic carbocycles. The van der Waals surface area contributed by atoms with Crippen LogP contribution in [0, 0.1) is 5.92 Å². The van der Waals surface area contributed by atoms with Gasteiger partial charge in [-0.3, -0.25) is 9.69 Å². The lowest BCUT2D eigenvalue weighted by molar-refractivity contribution is -0.137. The molecule has 2 atom stereocenters. The fourth-order valence-electron chi connectivity index (χ4n) is 4.58. The number of methoxy groups -OCH3 is 1. The van der Waals surface area contributed by atoms with Crippen LogP contribution in [-0.4, -0.2) is 68.8 Å². The molecule has 172 valence electrons. The summed E-state index contributed by atoms with van der Waals surface area (Å²) in [6.07, 6.45) is -4.40. The first kappa shape index (κ1) is 22.6. The Kier molecular flexibility index (Phi) is 6.71. The molecule has 0 aromatic heterocycles. The second-order valence-electron chi connectivity index (χ2n) is 8.34. The zero-order valence-electron chi connectivity index (χ0n) is 18.0. The Balaban J connectivity index is 1.58. The lowest BCUT2D eigenvalue weighted by Gasteiger charge is -2.31. The van der Waals surface area contributed by atoms with E-state index in [-0.39, 0.29) is 17.7 Å². The maximum absolute atomic E-state index is 13.3. The van der Waals surface area contributed by atoms with Crippen LogP contribution in [0.2, 0.25) is 0 Å². The molecule has 0 saturated carbocycles. The fourth-order valence-corrected chi connectivity index (χ4v) is 4.58. The van der Waals surface area contributed by atoms with E-state index in [1.165, 1.54) is 12.1 Å². The molecular weight excluding hydrogens is 421 g/mol. The number of hydrogen-bond donors (Lipinski definition) is 0. The minimum atomic E-state index is -4.40. The van der Waals surface area contributed by atoms with Crippen molar-refractivity contribution >= 4 is 5.91 Å². The highest BCUT2D eigenvalue weighted by Crippen LogP contribution is 2.37. The third-order valence-corrected chi connectivity index (χ3v) is 6.30. The summed E-state index contributed by atoms with van der Waals surface area (Å²) in [5.41, 5.74) is 0.517. The van der Waals surface area contributed by atoms with Gasteiger partial charge in [-0.15, -0.1) is 0 Å². The molecule has 5 nitrogen and oxygen atoms in total. The molecule has 4 rings (SSSR count). The maximum Gasteiger partial charge on any atom is 0.416 e. The van der Waals surface area contributed by atoms with Crippen molar-refractivity contribution in [2.24, 2.45) is 5.92 Å². The van der Waals surface area contributed by atoms with E-state index >= 15 is 0 Å². The van der Waals surface area contributed by atoms with Crippen molar-refractivity contribution in [2.75, 3.05) is 53.0 Å². The molecule has 2 aromatic rings. The van der Waals surface area contributed by atoms with Crippen LogP contribution in [0.15, 0.2) is 48.5 Å². The van der Waals surface area contributed by atoms with E-state index in [0.717, 1.165) is 25.7 Å². The number of rotatable bonds is 5. The Labute approximate surface area is 185 Å². The average Bonchev–Trinajstić information content (AvgIpc) is 3.22. The first-order chi connectivity index (χ1) is 15.3. The van der Waals surface area contributed by atoms with Crippen molar-refractivity contribution in [1.82, 2.24) is 9.80 Å². The van der Waals surface area contributed by atoms with Gasteiger partial charge in [-0.2, -0.15) is 13.2 Å². The van der Waals surface area contributed by atoms with Crippen LogP contribution in [0.5, 0.6) is 5.75 Å². The second-order valence-corrected chi connectivity index (χ2v) is 8.34. The number of hydrogen-bond acceptors (Lipinski definition) is 4. The zero-order chi connectivity index (χ0) is 22.7. The maximum atomic E-state index is 13.3. The van der Waals surface area contributed by atoms with Gasteiger partial charge in [-0.25, -0.2) is 0 Å². The summed E-state index contributed by atoms with van der Waals surface area (Å²) in [6, 6.07) is 12.4. The van der Waals surface area contributed by atoms with Gasteiger partial charge in [0.05, 0.1) is 25.9 Å². The molecule has 2 aliphatic rings. The van der Waals surface area contributed by atoms with Crippen LogP contribution in [0.4, 0.5) is 13.2 Å². The molecule has 2 saturated heterocycles. The summed E-state index contributed by atoms with van der Waals surface area (Å²) in [5.74, 6) is 0.422. The second kappa shape index (κ2) is 9.50. The number of halogens is 3. The first-order valence-corrected chi connectivity index (χ1v) is 10.8. The monoisotopic (exact) mass is 448 g/mol. The van der Waals surface area contributed by atoms with Crippen molar-refractivity contribution < 1.29 is 27.4 Å². The summed E-state index contributed by atoms with van der Waals surface area (Å²) in [4.78, 5) is 17.2. The fraction of sp³-hybridized carbons (Fsp3) is 0.458. The van der Waals surface area contributed by atoms with Gasteiger partial charge in [-0.1, -0.05) is 18.2 Å². The van der Waals surface area contributed by atoms with Gasteiger partial charge < -0.3 is 14.4 Å². The van der Waals surface area contributed by atoms with Crippen molar-refractivity contribution in [3.63, 3.8) is 0 Å². The van der Waals surface area contributed by atoms with Crippen LogP contribution < -0.4 is 4.74 Å². The number of ether oxygens (including phenoxy) is 2. The number of carbonyl (C=O) groups is 1. The summed E-state index contributed by atoms with van der Waals surface area (Å²) >= 11 is 0. The molecule has 2 unspecified atom stereocenters. The van der Waals surface area contributed by atoms with Gasteiger partial charge in [0.1, 0.15) is 5.75 Å². The standard InChI is InChI=1S/C24H27F3N2O3/c1-31-21-7-5-17(6-8-21)23(30)29-15-19(14-28-9-11-32-12-10-28)22(16-29)18-3-2-4-20(13-18)24(25,26)27/h2-8,13,19,22H,9-12,14-16H2,1H3. The molecule has 2 fully saturated rings. The molecule has 0 radical (unpaired) electrons. The van der Waals surface area contributed by atoms with E-state index < -0.39 is 11.7 Å². The number of nitrogens with zero attached hydrogens (tertiary/aromatic N) is 2. The molecular formula is C24H27F3N2O3.